The minimum absolute atomic E-state index is 0.0597. The van der Waals surface area contributed by atoms with Crippen molar-refractivity contribution in [2.45, 2.75) is 76.9 Å². The molecule has 3 rings (SSSR count). The molecule has 1 aliphatic heterocycles. The van der Waals surface area contributed by atoms with Crippen LogP contribution in [-0.4, -0.2) is 19.5 Å². The molecule has 0 spiro atoms. The summed E-state index contributed by atoms with van der Waals surface area (Å²) in [6.07, 6.45) is 10.5. The van der Waals surface area contributed by atoms with Gasteiger partial charge in [0.1, 0.15) is 11.9 Å². The normalized spacial score (nSPS) is 28.6. The highest BCUT2D eigenvalue weighted by Gasteiger charge is 2.32. The molecule has 27 heavy (non-hydrogen) atoms. The minimum Gasteiger partial charge on any atom is -0.352 e. The Labute approximate surface area is 162 Å². The zero-order valence-corrected chi connectivity index (χ0v) is 16.5. The summed E-state index contributed by atoms with van der Waals surface area (Å²) >= 11 is 0. The summed E-state index contributed by atoms with van der Waals surface area (Å²) in [5.41, 5.74) is 1.14. The fourth-order valence-corrected chi connectivity index (χ4v) is 4.46. The molecule has 1 saturated carbocycles. The van der Waals surface area contributed by atoms with Crippen molar-refractivity contribution in [1.82, 2.24) is 0 Å². The second-order valence-electron chi connectivity index (χ2n) is 8.21. The van der Waals surface area contributed by atoms with Crippen molar-refractivity contribution in [3.63, 3.8) is 0 Å². The zero-order chi connectivity index (χ0) is 19.1. The molecule has 148 valence electrons. The average Bonchev–Trinajstić information content (AvgIpc) is 2.72. The molecular weight excluding hydrogens is 341 g/mol. The van der Waals surface area contributed by atoms with Crippen LogP contribution in [0.15, 0.2) is 18.2 Å². The van der Waals surface area contributed by atoms with Gasteiger partial charge in [-0.1, -0.05) is 38.7 Å². The maximum absolute atomic E-state index is 13.9. The third kappa shape index (κ3) is 5.53. The smallest absolute Gasteiger partial charge is 0.160 e. The molecule has 1 aromatic rings. The van der Waals surface area contributed by atoms with Crippen LogP contribution >= 0.6 is 0 Å². The van der Waals surface area contributed by atoms with E-state index in [0.29, 0.717) is 17.8 Å². The fraction of sp³-hybridized carbons (Fsp3) is 0.696. The molecule has 2 aliphatic rings. The van der Waals surface area contributed by atoms with Gasteiger partial charge in [0.05, 0.1) is 18.8 Å². The summed E-state index contributed by atoms with van der Waals surface area (Å²) in [4.78, 5) is 0. The van der Waals surface area contributed by atoms with Crippen molar-refractivity contribution in [1.29, 1.82) is 5.26 Å². The lowest BCUT2D eigenvalue weighted by Crippen LogP contribution is -2.38. The molecule has 0 bridgehead atoms. The second-order valence-corrected chi connectivity index (χ2v) is 8.21. The summed E-state index contributed by atoms with van der Waals surface area (Å²) in [6.45, 7) is 3.90. The molecule has 0 radical (unpaired) electrons. The number of ether oxygens (including phenoxy) is 2. The molecular formula is C23H32FNO2. The number of rotatable bonds is 7. The number of unbranched alkanes of at least 4 members (excludes halogenated alkanes) is 3. The second kappa shape index (κ2) is 10.2. The topological polar surface area (TPSA) is 42.2 Å². The van der Waals surface area contributed by atoms with Crippen LogP contribution in [0.4, 0.5) is 4.39 Å². The number of hydrogen-bond acceptors (Lipinski definition) is 3. The van der Waals surface area contributed by atoms with E-state index in [1.54, 1.807) is 12.1 Å². The SMILES string of the molecule is CCCCCCC1COC(C2CCC(c3ccc(C#N)c(F)c3)CC2)OC1. The van der Waals surface area contributed by atoms with Crippen LogP contribution in [0.1, 0.15) is 81.8 Å². The molecule has 2 fully saturated rings. The third-order valence-electron chi connectivity index (χ3n) is 6.20. The predicted octanol–water partition coefficient (Wildman–Crippen LogP) is 5.93. The first-order chi connectivity index (χ1) is 13.2. The Morgan fingerprint density at radius 2 is 1.81 bits per heavy atom. The quantitative estimate of drug-likeness (QED) is 0.556. The van der Waals surface area contributed by atoms with Gasteiger partial charge in [-0.2, -0.15) is 5.26 Å². The largest absolute Gasteiger partial charge is 0.352 e. The van der Waals surface area contributed by atoms with E-state index in [0.717, 1.165) is 44.5 Å². The summed E-state index contributed by atoms with van der Waals surface area (Å²) in [5.74, 6) is 0.973. The molecule has 0 atom stereocenters. The molecule has 3 nitrogen and oxygen atoms in total. The van der Waals surface area contributed by atoms with Crippen molar-refractivity contribution in [3.05, 3.63) is 35.1 Å². The summed E-state index contributed by atoms with van der Waals surface area (Å²) < 4.78 is 26.0. The van der Waals surface area contributed by atoms with E-state index in [1.807, 2.05) is 12.1 Å². The Balaban J connectivity index is 1.41. The molecule has 1 saturated heterocycles. The van der Waals surface area contributed by atoms with Crippen molar-refractivity contribution >= 4 is 0 Å². The molecule has 0 amide bonds. The van der Waals surface area contributed by atoms with Crippen LogP contribution in [0, 0.1) is 29.0 Å². The lowest BCUT2D eigenvalue weighted by atomic mass is 9.78. The molecule has 0 aromatic heterocycles. The van der Waals surface area contributed by atoms with E-state index in [2.05, 4.69) is 6.92 Å². The van der Waals surface area contributed by atoms with Gasteiger partial charge < -0.3 is 9.47 Å². The van der Waals surface area contributed by atoms with E-state index in [9.17, 15) is 4.39 Å². The van der Waals surface area contributed by atoms with Crippen molar-refractivity contribution < 1.29 is 13.9 Å². The Kier molecular flexibility index (Phi) is 7.67. The van der Waals surface area contributed by atoms with Gasteiger partial charge in [-0.05, 0) is 55.7 Å². The lowest BCUT2D eigenvalue weighted by molar-refractivity contribution is -0.229. The van der Waals surface area contributed by atoms with Crippen molar-refractivity contribution in [2.24, 2.45) is 11.8 Å². The summed E-state index contributed by atoms with van der Waals surface area (Å²) in [5, 5.41) is 8.87. The molecule has 4 heteroatoms. The Morgan fingerprint density at radius 1 is 1.07 bits per heavy atom. The number of halogens is 1. The molecule has 1 aromatic carbocycles. The molecule has 0 N–H and O–H groups in total. The number of hydrogen-bond donors (Lipinski definition) is 0. The highest BCUT2D eigenvalue weighted by atomic mass is 19.1. The van der Waals surface area contributed by atoms with Crippen LogP contribution in [0.5, 0.6) is 0 Å². The Bertz CT molecular complexity index is 626. The average molecular weight is 374 g/mol. The Morgan fingerprint density at radius 3 is 2.44 bits per heavy atom. The lowest BCUT2D eigenvalue weighted by Gasteiger charge is -2.37. The van der Waals surface area contributed by atoms with E-state index in [1.165, 1.54) is 32.1 Å². The predicted molar refractivity (Wildman–Crippen MR) is 104 cm³/mol. The number of nitrogens with zero attached hydrogens (tertiary/aromatic N) is 1. The fourth-order valence-electron chi connectivity index (χ4n) is 4.46. The highest BCUT2D eigenvalue weighted by Crippen LogP contribution is 2.39. The van der Waals surface area contributed by atoms with Crippen LogP contribution in [0.3, 0.4) is 0 Å². The summed E-state index contributed by atoms with van der Waals surface area (Å²) in [7, 11) is 0. The highest BCUT2D eigenvalue weighted by molar-refractivity contribution is 5.34. The minimum atomic E-state index is -0.402. The molecule has 0 unspecified atom stereocenters. The van der Waals surface area contributed by atoms with Crippen molar-refractivity contribution in [3.8, 4) is 6.07 Å². The van der Waals surface area contributed by atoms with Crippen LogP contribution in [0.2, 0.25) is 0 Å². The van der Waals surface area contributed by atoms with Gasteiger partial charge in [0.2, 0.25) is 0 Å². The van der Waals surface area contributed by atoms with E-state index < -0.39 is 5.82 Å². The van der Waals surface area contributed by atoms with Gasteiger partial charge in [-0.15, -0.1) is 0 Å². The van der Waals surface area contributed by atoms with Gasteiger partial charge in [0, 0.05) is 11.8 Å². The maximum atomic E-state index is 13.9. The number of nitriles is 1. The maximum Gasteiger partial charge on any atom is 0.160 e. The zero-order valence-electron chi connectivity index (χ0n) is 16.5. The van der Waals surface area contributed by atoms with Gasteiger partial charge in [0.25, 0.3) is 0 Å². The van der Waals surface area contributed by atoms with Crippen LogP contribution in [0.25, 0.3) is 0 Å². The van der Waals surface area contributed by atoms with E-state index >= 15 is 0 Å². The summed E-state index contributed by atoms with van der Waals surface area (Å²) in [6, 6.07) is 6.94. The molecule has 1 aliphatic carbocycles. The van der Waals surface area contributed by atoms with E-state index in [-0.39, 0.29) is 11.9 Å². The first-order valence-corrected chi connectivity index (χ1v) is 10.6. The van der Waals surface area contributed by atoms with Crippen LogP contribution in [-0.2, 0) is 9.47 Å². The van der Waals surface area contributed by atoms with Gasteiger partial charge >= 0.3 is 0 Å². The van der Waals surface area contributed by atoms with Crippen molar-refractivity contribution in [2.75, 3.05) is 13.2 Å². The standard InChI is InChI=1S/C23H32FNO2/c1-2-3-4-5-6-17-15-26-23(27-16-17)19-9-7-18(8-10-19)20-11-12-21(14-25)22(24)13-20/h11-13,17-19,23H,2-10,15-16H2,1H3. The third-order valence-corrected chi connectivity index (χ3v) is 6.20. The number of benzene rings is 1. The monoisotopic (exact) mass is 373 g/mol. The van der Waals surface area contributed by atoms with Gasteiger partial charge in [0.15, 0.2) is 6.29 Å². The Hall–Kier alpha value is -1.44. The first-order valence-electron chi connectivity index (χ1n) is 10.6. The first kappa shape index (κ1) is 20.3. The van der Waals surface area contributed by atoms with Gasteiger partial charge in [-0.3, -0.25) is 0 Å². The van der Waals surface area contributed by atoms with Gasteiger partial charge in [-0.25, -0.2) is 4.39 Å². The molecule has 1 heterocycles. The van der Waals surface area contributed by atoms with Crippen LogP contribution < -0.4 is 0 Å². The van der Waals surface area contributed by atoms with E-state index in [4.69, 9.17) is 14.7 Å².